The van der Waals surface area contributed by atoms with Gasteiger partial charge in [0, 0.05) is 49.3 Å². The fraction of sp³-hybridized carbons (Fsp3) is 0.512. The second-order valence-electron chi connectivity index (χ2n) is 14.2. The monoisotopic (exact) mass is 792 g/mol. The maximum Gasteiger partial charge on any atom is 0.313 e. The number of fused-ring (bicyclic) bond motifs is 1. The molecule has 1 spiro atoms. The zero-order valence-electron chi connectivity index (χ0n) is 31.4. The Morgan fingerprint density at radius 3 is 2.28 bits per heavy atom. The third-order valence-electron chi connectivity index (χ3n) is 11.2. The summed E-state index contributed by atoms with van der Waals surface area (Å²) < 4.78 is 13.1. The molecule has 3 amide bonds. The lowest BCUT2D eigenvalue weighted by molar-refractivity contribution is -0.165. The molecule has 12 heteroatoms. The third kappa shape index (κ3) is 7.42. The van der Waals surface area contributed by atoms with Gasteiger partial charge >= 0.3 is 5.97 Å². The second kappa shape index (κ2) is 17.0. The van der Waals surface area contributed by atoms with Crippen LogP contribution in [0.2, 0.25) is 0 Å². The number of esters is 1. The summed E-state index contributed by atoms with van der Waals surface area (Å²) in [6.07, 6.45) is 2.79. The maximum atomic E-state index is 15.0. The van der Waals surface area contributed by atoms with Gasteiger partial charge in [-0.3, -0.25) is 19.2 Å². The SMILES string of the molecule is C=CCCC(=O)N(C)[C@@H](C)[C@@H](OC(=O)[C@@H]1[C@H]2O[C@@]3(CC2Br)[C@H](C(=O)N(CC=C)c2ccc(N(CC)CC)cc2)N([C@H](C)CO)C(=O)[C@@H]13)c1ccccc1. The molecule has 2 aromatic rings. The van der Waals surface area contributed by atoms with E-state index in [1.807, 2.05) is 61.5 Å². The van der Waals surface area contributed by atoms with Crippen LogP contribution in [0.15, 0.2) is 79.9 Å². The van der Waals surface area contributed by atoms with Crippen molar-refractivity contribution in [3.63, 3.8) is 0 Å². The molecule has 3 fully saturated rings. The van der Waals surface area contributed by atoms with E-state index in [0.29, 0.717) is 24.1 Å². The summed E-state index contributed by atoms with van der Waals surface area (Å²) in [5.74, 6) is -3.68. The molecule has 3 saturated heterocycles. The van der Waals surface area contributed by atoms with Crippen LogP contribution in [-0.4, -0.2) is 107 Å². The maximum absolute atomic E-state index is 15.0. The first kappa shape index (κ1) is 40.2. The van der Waals surface area contributed by atoms with Gasteiger partial charge < -0.3 is 34.2 Å². The number of anilines is 2. The number of halogens is 1. The van der Waals surface area contributed by atoms with Crippen LogP contribution in [0, 0.1) is 11.8 Å². The van der Waals surface area contributed by atoms with Crippen molar-refractivity contribution in [2.45, 2.75) is 87.7 Å². The fourth-order valence-corrected chi connectivity index (χ4v) is 9.28. The van der Waals surface area contributed by atoms with Gasteiger partial charge in [0.05, 0.1) is 36.6 Å². The van der Waals surface area contributed by atoms with Crippen molar-refractivity contribution in [2.24, 2.45) is 11.8 Å². The Balaban J connectivity index is 1.51. The summed E-state index contributed by atoms with van der Waals surface area (Å²) >= 11 is 3.74. The van der Waals surface area contributed by atoms with Gasteiger partial charge in [-0.05, 0) is 70.4 Å². The summed E-state index contributed by atoms with van der Waals surface area (Å²) in [5, 5.41) is 10.4. The van der Waals surface area contributed by atoms with E-state index in [2.05, 4.69) is 47.8 Å². The number of hydrogen-bond acceptors (Lipinski definition) is 8. The second-order valence-corrected chi connectivity index (χ2v) is 15.4. The number of hydrogen-bond donors (Lipinski definition) is 1. The molecule has 3 aliphatic rings. The molecule has 9 atom stereocenters. The van der Waals surface area contributed by atoms with Crippen LogP contribution in [0.5, 0.6) is 0 Å². The van der Waals surface area contributed by atoms with E-state index < -0.39 is 66.3 Å². The molecular formula is C41H53BrN4O7. The highest BCUT2D eigenvalue weighted by atomic mass is 79.9. The van der Waals surface area contributed by atoms with Gasteiger partial charge in [0.25, 0.3) is 5.91 Å². The van der Waals surface area contributed by atoms with E-state index in [4.69, 9.17) is 9.47 Å². The number of alkyl halides is 1. The van der Waals surface area contributed by atoms with Gasteiger partial charge in [0.15, 0.2) is 0 Å². The minimum Gasteiger partial charge on any atom is -0.455 e. The Bertz CT molecular complexity index is 1650. The molecule has 0 radical (unpaired) electrons. The van der Waals surface area contributed by atoms with E-state index >= 15 is 0 Å². The predicted molar refractivity (Wildman–Crippen MR) is 209 cm³/mol. The van der Waals surface area contributed by atoms with Crippen molar-refractivity contribution in [3.8, 4) is 0 Å². The molecule has 2 aromatic carbocycles. The third-order valence-corrected chi connectivity index (χ3v) is 12.1. The molecule has 1 N–H and O–H groups in total. The number of benzene rings is 2. The number of carbonyl (C=O) groups excluding carboxylic acids is 4. The average Bonchev–Trinajstić information content (AvgIpc) is 3.78. The van der Waals surface area contributed by atoms with Crippen molar-refractivity contribution >= 4 is 51.0 Å². The molecule has 3 aliphatic heterocycles. The van der Waals surface area contributed by atoms with Gasteiger partial charge in [-0.25, -0.2) is 0 Å². The van der Waals surface area contributed by atoms with E-state index in [9.17, 15) is 24.3 Å². The van der Waals surface area contributed by atoms with Crippen LogP contribution in [0.3, 0.4) is 0 Å². The average molecular weight is 794 g/mol. The van der Waals surface area contributed by atoms with Crippen LogP contribution in [0.1, 0.15) is 58.6 Å². The molecule has 53 heavy (non-hydrogen) atoms. The molecule has 3 heterocycles. The van der Waals surface area contributed by atoms with E-state index in [0.717, 1.165) is 18.8 Å². The number of aliphatic hydroxyl groups is 1. The van der Waals surface area contributed by atoms with Crippen molar-refractivity contribution in [3.05, 3.63) is 85.5 Å². The molecule has 11 nitrogen and oxygen atoms in total. The number of carbonyl (C=O) groups is 4. The van der Waals surface area contributed by atoms with E-state index in [1.165, 1.54) is 4.90 Å². The van der Waals surface area contributed by atoms with E-state index in [1.54, 1.807) is 35.9 Å². The normalized spacial score (nSPS) is 26.0. The topological polar surface area (TPSA) is 120 Å². The van der Waals surface area contributed by atoms with Crippen LogP contribution in [0.25, 0.3) is 0 Å². The molecule has 0 aromatic heterocycles. The fourth-order valence-electron chi connectivity index (χ4n) is 8.33. The van der Waals surface area contributed by atoms with Crippen molar-refractivity contribution in [1.29, 1.82) is 0 Å². The number of allylic oxidation sites excluding steroid dienone is 1. The lowest BCUT2D eigenvalue weighted by Crippen LogP contribution is -2.58. The lowest BCUT2D eigenvalue weighted by atomic mass is 9.70. The Hall–Kier alpha value is -4.00. The summed E-state index contributed by atoms with van der Waals surface area (Å²) in [6.45, 7) is 16.7. The molecule has 0 saturated carbocycles. The lowest BCUT2D eigenvalue weighted by Gasteiger charge is -2.38. The summed E-state index contributed by atoms with van der Waals surface area (Å²) in [7, 11) is 1.68. The standard InChI is InChI=1S/C41H53BrN4O7/c1-8-12-18-32(48)43(7)27(6)35(28-16-14-13-15-17-28)52-40(51)33-34-38(49)46(26(5)25-47)37(41(34)24-31(42)36(33)53-41)39(50)45(23-9-2)30-21-19-29(20-22-30)44(10-3)11-4/h8-9,13-17,19-22,26-27,31,33-37,47H,1-2,10-12,18,23-25H2,3-7H3/t26-,27+,31?,33+,34-,35-,36+,37+,41-/m1/s1. The van der Waals surface area contributed by atoms with Gasteiger partial charge in [-0.15, -0.1) is 13.2 Å². The molecule has 0 aliphatic carbocycles. The van der Waals surface area contributed by atoms with Crippen LogP contribution in [0.4, 0.5) is 11.4 Å². The Kier molecular flexibility index (Phi) is 12.9. The Labute approximate surface area is 321 Å². The minimum atomic E-state index is -1.37. The molecular weight excluding hydrogens is 740 g/mol. The number of rotatable bonds is 17. The summed E-state index contributed by atoms with van der Waals surface area (Å²) in [4.78, 5) is 63.7. The van der Waals surface area contributed by atoms with Gasteiger partial charge in [0.2, 0.25) is 11.8 Å². The van der Waals surface area contributed by atoms with Gasteiger partial charge in [0.1, 0.15) is 17.7 Å². The highest BCUT2D eigenvalue weighted by Crippen LogP contribution is 2.61. The molecule has 286 valence electrons. The zero-order chi connectivity index (χ0) is 38.6. The number of likely N-dealkylation sites (tertiary alicyclic amines) is 1. The Morgan fingerprint density at radius 1 is 1.06 bits per heavy atom. The summed E-state index contributed by atoms with van der Waals surface area (Å²) in [5.41, 5.74) is 0.970. The first-order valence-electron chi connectivity index (χ1n) is 18.5. The van der Waals surface area contributed by atoms with Crippen molar-refractivity contribution < 1.29 is 33.8 Å². The predicted octanol–water partition coefficient (Wildman–Crippen LogP) is 5.28. The van der Waals surface area contributed by atoms with Crippen LogP contribution in [-0.2, 0) is 28.7 Å². The van der Waals surface area contributed by atoms with Gasteiger partial charge in [-0.1, -0.05) is 58.4 Å². The molecule has 1 unspecified atom stereocenters. The summed E-state index contributed by atoms with van der Waals surface area (Å²) in [6, 6.07) is 14.5. The number of ether oxygens (including phenoxy) is 2. The number of nitrogens with zero attached hydrogens (tertiary/aromatic N) is 4. The zero-order valence-corrected chi connectivity index (χ0v) is 33.0. The van der Waals surface area contributed by atoms with E-state index in [-0.39, 0.29) is 29.6 Å². The number of likely N-dealkylation sites (N-methyl/N-ethyl adjacent to an activating group) is 1. The largest absolute Gasteiger partial charge is 0.455 e. The highest BCUT2D eigenvalue weighted by Gasteiger charge is 2.77. The molecule has 2 bridgehead atoms. The van der Waals surface area contributed by atoms with Gasteiger partial charge in [-0.2, -0.15) is 0 Å². The number of aliphatic hydroxyl groups excluding tert-OH is 1. The highest BCUT2D eigenvalue weighted by molar-refractivity contribution is 9.09. The first-order chi connectivity index (χ1) is 25.4. The molecule has 5 rings (SSSR count). The van der Waals surface area contributed by atoms with Crippen LogP contribution < -0.4 is 9.80 Å². The van der Waals surface area contributed by atoms with Crippen molar-refractivity contribution in [2.75, 3.05) is 43.1 Å². The van der Waals surface area contributed by atoms with Crippen molar-refractivity contribution in [1.82, 2.24) is 9.80 Å². The Morgan fingerprint density at radius 2 is 1.70 bits per heavy atom. The quantitative estimate of drug-likeness (QED) is 0.131. The smallest absolute Gasteiger partial charge is 0.313 e. The first-order valence-corrected chi connectivity index (χ1v) is 19.5. The minimum absolute atomic E-state index is 0.121. The number of amides is 3. The van der Waals surface area contributed by atoms with Crippen LogP contribution >= 0.6 is 15.9 Å².